The molecule has 0 aromatic carbocycles. The summed E-state index contributed by atoms with van der Waals surface area (Å²) in [7, 11) is 4.08. The highest BCUT2D eigenvalue weighted by Crippen LogP contribution is 2.26. The summed E-state index contributed by atoms with van der Waals surface area (Å²) in [6.07, 6.45) is 2.14. The highest BCUT2D eigenvalue weighted by Gasteiger charge is 2.36. The number of likely N-dealkylation sites (tertiary alicyclic amines) is 1. The van der Waals surface area contributed by atoms with Crippen LogP contribution in [0.25, 0.3) is 0 Å². The summed E-state index contributed by atoms with van der Waals surface area (Å²) in [5.41, 5.74) is 0. The van der Waals surface area contributed by atoms with E-state index in [0.29, 0.717) is 11.7 Å². The highest BCUT2D eigenvalue weighted by atomic mass is 16.1. The molecule has 94 valence electrons. The normalized spacial score (nSPS) is 28.2. The van der Waals surface area contributed by atoms with Crippen LogP contribution in [0.1, 0.15) is 26.7 Å². The molecule has 0 bridgehead atoms. The molecule has 0 aliphatic carbocycles. The summed E-state index contributed by atoms with van der Waals surface area (Å²) in [5, 5.41) is 3.21. The van der Waals surface area contributed by atoms with Crippen LogP contribution in [0, 0.1) is 17.8 Å². The monoisotopic (exact) mass is 226 g/mol. The molecule has 0 aromatic rings. The Kier molecular flexibility index (Phi) is 5.42. The van der Waals surface area contributed by atoms with Crippen LogP contribution < -0.4 is 5.32 Å². The molecule has 1 rings (SSSR count). The van der Waals surface area contributed by atoms with Gasteiger partial charge >= 0.3 is 0 Å². The van der Waals surface area contributed by atoms with Gasteiger partial charge in [0.2, 0.25) is 0 Å². The van der Waals surface area contributed by atoms with E-state index < -0.39 is 0 Å². The van der Waals surface area contributed by atoms with Gasteiger partial charge in [-0.2, -0.15) is 0 Å². The van der Waals surface area contributed by atoms with Crippen molar-refractivity contribution in [3.63, 3.8) is 0 Å². The largest absolute Gasteiger partial charge is 0.319 e. The van der Waals surface area contributed by atoms with Gasteiger partial charge in [0.05, 0.1) is 0 Å². The van der Waals surface area contributed by atoms with Crippen molar-refractivity contribution in [2.24, 2.45) is 17.8 Å². The van der Waals surface area contributed by atoms with Gasteiger partial charge in [0.25, 0.3) is 0 Å². The van der Waals surface area contributed by atoms with Crippen LogP contribution in [-0.2, 0) is 4.79 Å². The Morgan fingerprint density at radius 1 is 1.50 bits per heavy atom. The molecule has 0 radical (unpaired) electrons. The second-order valence-electron chi connectivity index (χ2n) is 5.24. The van der Waals surface area contributed by atoms with E-state index in [1.165, 1.54) is 0 Å². The summed E-state index contributed by atoms with van der Waals surface area (Å²) < 4.78 is 0. The van der Waals surface area contributed by atoms with E-state index >= 15 is 0 Å². The second kappa shape index (κ2) is 6.36. The molecule has 3 nitrogen and oxygen atoms in total. The standard InChI is InChI=1S/C13H26N2O/c1-5-6-10(2)13(16)12-9-15(4)8-11(12)7-14-3/h10-12,14H,5-9H2,1-4H3. The second-order valence-corrected chi connectivity index (χ2v) is 5.24. The molecular weight excluding hydrogens is 200 g/mol. The maximum absolute atomic E-state index is 12.3. The van der Waals surface area contributed by atoms with Crippen molar-refractivity contribution in [1.29, 1.82) is 0 Å². The number of hydrogen-bond acceptors (Lipinski definition) is 3. The summed E-state index contributed by atoms with van der Waals surface area (Å²) in [6.45, 7) is 7.19. The Bertz CT molecular complexity index is 230. The van der Waals surface area contributed by atoms with Crippen LogP contribution in [0.15, 0.2) is 0 Å². The molecule has 1 saturated heterocycles. The molecule has 0 aromatic heterocycles. The number of hydrogen-bond donors (Lipinski definition) is 1. The molecule has 3 unspecified atom stereocenters. The van der Waals surface area contributed by atoms with Crippen molar-refractivity contribution in [3.05, 3.63) is 0 Å². The summed E-state index contributed by atoms with van der Waals surface area (Å²) >= 11 is 0. The predicted octanol–water partition coefficient (Wildman–Crippen LogP) is 1.39. The molecule has 1 aliphatic heterocycles. The Morgan fingerprint density at radius 3 is 2.75 bits per heavy atom. The number of carbonyl (C=O) groups is 1. The van der Waals surface area contributed by atoms with Crippen LogP contribution in [-0.4, -0.2) is 44.4 Å². The van der Waals surface area contributed by atoms with E-state index in [-0.39, 0.29) is 11.8 Å². The summed E-state index contributed by atoms with van der Waals surface area (Å²) in [6, 6.07) is 0. The fourth-order valence-electron chi connectivity index (χ4n) is 2.82. The van der Waals surface area contributed by atoms with Crippen molar-refractivity contribution < 1.29 is 4.79 Å². The Labute approximate surface area is 99.6 Å². The van der Waals surface area contributed by atoms with E-state index in [0.717, 1.165) is 32.5 Å². The molecular formula is C13H26N2O. The van der Waals surface area contributed by atoms with Gasteiger partial charge in [0.1, 0.15) is 5.78 Å². The van der Waals surface area contributed by atoms with Gasteiger partial charge in [-0.3, -0.25) is 4.79 Å². The average Bonchev–Trinajstić information content (AvgIpc) is 2.59. The maximum Gasteiger partial charge on any atom is 0.140 e. The zero-order valence-corrected chi connectivity index (χ0v) is 11.1. The fourth-order valence-corrected chi connectivity index (χ4v) is 2.82. The first-order chi connectivity index (χ1) is 7.60. The first-order valence-electron chi connectivity index (χ1n) is 6.47. The molecule has 16 heavy (non-hydrogen) atoms. The van der Waals surface area contributed by atoms with E-state index in [1.54, 1.807) is 0 Å². The number of ketones is 1. The zero-order chi connectivity index (χ0) is 12.1. The van der Waals surface area contributed by atoms with Gasteiger partial charge in [-0.1, -0.05) is 20.3 Å². The van der Waals surface area contributed by atoms with Gasteiger partial charge < -0.3 is 10.2 Å². The quantitative estimate of drug-likeness (QED) is 0.743. The van der Waals surface area contributed by atoms with Crippen molar-refractivity contribution in [1.82, 2.24) is 10.2 Å². The van der Waals surface area contributed by atoms with Crippen LogP contribution in [0.3, 0.4) is 0 Å². The first kappa shape index (κ1) is 13.7. The zero-order valence-electron chi connectivity index (χ0n) is 11.1. The van der Waals surface area contributed by atoms with Crippen LogP contribution >= 0.6 is 0 Å². The third-order valence-corrected chi connectivity index (χ3v) is 3.66. The first-order valence-corrected chi connectivity index (χ1v) is 6.47. The van der Waals surface area contributed by atoms with E-state index in [1.807, 2.05) is 7.05 Å². The highest BCUT2D eigenvalue weighted by molar-refractivity contribution is 5.84. The minimum absolute atomic E-state index is 0.237. The number of nitrogens with one attached hydrogen (secondary N) is 1. The van der Waals surface area contributed by atoms with Gasteiger partial charge in [0.15, 0.2) is 0 Å². The molecule has 0 saturated carbocycles. The number of nitrogens with zero attached hydrogens (tertiary/aromatic N) is 1. The molecule has 1 fully saturated rings. The van der Waals surface area contributed by atoms with Crippen LogP contribution in [0.4, 0.5) is 0 Å². The summed E-state index contributed by atoms with van der Waals surface area (Å²) in [5.74, 6) is 1.47. The maximum atomic E-state index is 12.3. The van der Waals surface area contributed by atoms with E-state index in [9.17, 15) is 4.79 Å². The molecule has 0 spiro atoms. The molecule has 0 amide bonds. The molecule has 1 aliphatic rings. The molecule has 3 atom stereocenters. The Morgan fingerprint density at radius 2 is 2.19 bits per heavy atom. The van der Waals surface area contributed by atoms with Crippen molar-refractivity contribution in [2.45, 2.75) is 26.7 Å². The van der Waals surface area contributed by atoms with E-state index in [4.69, 9.17) is 0 Å². The summed E-state index contributed by atoms with van der Waals surface area (Å²) in [4.78, 5) is 14.6. The number of Topliss-reactive ketones (excluding diaryl/α,β-unsaturated/α-hetero) is 1. The minimum atomic E-state index is 0.237. The third-order valence-electron chi connectivity index (χ3n) is 3.66. The van der Waals surface area contributed by atoms with Crippen molar-refractivity contribution in [2.75, 3.05) is 33.7 Å². The molecule has 1 N–H and O–H groups in total. The Hall–Kier alpha value is -0.410. The Balaban J connectivity index is 2.58. The lowest BCUT2D eigenvalue weighted by Gasteiger charge is -2.20. The fraction of sp³-hybridized carbons (Fsp3) is 0.923. The third kappa shape index (κ3) is 3.29. The van der Waals surface area contributed by atoms with Crippen molar-refractivity contribution in [3.8, 4) is 0 Å². The van der Waals surface area contributed by atoms with Crippen LogP contribution in [0.5, 0.6) is 0 Å². The van der Waals surface area contributed by atoms with E-state index in [2.05, 4.69) is 31.1 Å². The van der Waals surface area contributed by atoms with Gasteiger partial charge in [0, 0.05) is 24.9 Å². The van der Waals surface area contributed by atoms with Gasteiger partial charge in [-0.25, -0.2) is 0 Å². The lowest BCUT2D eigenvalue weighted by molar-refractivity contribution is -0.127. The lowest BCUT2D eigenvalue weighted by atomic mass is 9.84. The van der Waals surface area contributed by atoms with Crippen molar-refractivity contribution >= 4 is 5.78 Å². The topological polar surface area (TPSA) is 32.3 Å². The lowest BCUT2D eigenvalue weighted by Crippen LogP contribution is -2.32. The van der Waals surface area contributed by atoms with Crippen LogP contribution in [0.2, 0.25) is 0 Å². The smallest absolute Gasteiger partial charge is 0.140 e. The van der Waals surface area contributed by atoms with Gasteiger partial charge in [-0.05, 0) is 33.0 Å². The van der Waals surface area contributed by atoms with Gasteiger partial charge in [-0.15, -0.1) is 0 Å². The predicted molar refractivity (Wildman–Crippen MR) is 67.5 cm³/mol. The molecule has 3 heteroatoms. The minimum Gasteiger partial charge on any atom is -0.319 e. The SMILES string of the molecule is CCCC(C)C(=O)C1CN(C)CC1CNC. The number of carbonyl (C=O) groups excluding carboxylic acids is 1. The average molecular weight is 226 g/mol. The molecule has 1 heterocycles. The number of rotatable bonds is 6.